The van der Waals surface area contributed by atoms with E-state index in [1.165, 1.54) is 18.2 Å². The lowest BCUT2D eigenvalue weighted by Gasteiger charge is -2.06. The summed E-state index contributed by atoms with van der Waals surface area (Å²) in [7, 11) is 0. The molecule has 0 fully saturated rings. The van der Waals surface area contributed by atoms with Crippen LogP contribution in [0.3, 0.4) is 0 Å². The molecule has 4 heteroatoms. The largest absolute Gasteiger partial charge is 0.457 e. The van der Waals surface area contributed by atoms with Gasteiger partial charge >= 0.3 is 5.97 Å². The Morgan fingerprint density at radius 2 is 1.89 bits per heavy atom. The van der Waals surface area contributed by atoms with Gasteiger partial charge in [-0.25, -0.2) is 9.18 Å². The van der Waals surface area contributed by atoms with E-state index in [1.54, 1.807) is 0 Å². The molecule has 0 aliphatic carbocycles. The summed E-state index contributed by atoms with van der Waals surface area (Å²) < 4.78 is 19.1. The molecule has 0 unspecified atom stereocenters. The van der Waals surface area contributed by atoms with E-state index >= 15 is 0 Å². The third-order valence-corrected chi connectivity index (χ3v) is 2.85. The maximum absolute atomic E-state index is 13.4. The van der Waals surface area contributed by atoms with Crippen molar-refractivity contribution >= 4 is 21.9 Å². The van der Waals surface area contributed by atoms with E-state index in [1.807, 2.05) is 30.3 Å². The fraction of sp³-hybridized carbons (Fsp3) is 0.0714. The van der Waals surface area contributed by atoms with Gasteiger partial charge in [-0.1, -0.05) is 46.3 Å². The minimum atomic E-state index is -0.669. The SMILES string of the molecule is O=C(OCc1ccccc1)c1cc(Br)ccc1F. The molecule has 0 saturated carbocycles. The Morgan fingerprint density at radius 1 is 1.17 bits per heavy atom. The molecule has 0 radical (unpaired) electrons. The number of rotatable bonds is 3. The Morgan fingerprint density at radius 3 is 2.61 bits per heavy atom. The first-order valence-electron chi connectivity index (χ1n) is 5.33. The summed E-state index contributed by atoms with van der Waals surface area (Å²) in [4.78, 5) is 11.7. The monoisotopic (exact) mass is 308 g/mol. The second-order valence-electron chi connectivity index (χ2n) is 3.69. The van der Waals surface area contributed by atoms with Crippen molar-refractivity contribution in [1.82, 2.24) is 0 Å². The van der Waals surface area contributed by atoms with E-state index in [-0.39, 0.29) is 12.2 Å². The van der Waals surface area contributed by atoms with Gasteiger partial charge in [-0.3, -0.25) is 0 Å². The maximum atomic E-state index is 13.4. The highest BCUT2D eigenvalue weighted by Gasteiger charge is 2.13. The van der Waals surface area contributed by atoms with Crippen molar-refractivity contribution < 1.29 is 13.9 Å². The van der Waals surface area contributed by atoms with Gasteiger partial charge in [0.05, 0.1) is 5.56 Å². The minimum absolute atomic E-state index is 0.0692. The Hall–Kier alpha value is -1.68. The fourth-order valence-electron chi connectivity index (χ4n) is 1.45. The van der Waals surface area contributed by atoms with Crippen molar-refractivity contribution in [2.45, 2.75) is 6.61 Å². The molecule has 2 aromatic carbocycles. The minimum Gasteiger partial charge on any atom is -0.457 e. The van der Waals surface area contributed by atoms with Crippen LogP contribution >= 0.6 is 15.9 Å². The first kappa shape index (κ1) is 12.8. The number of carbonyl (C=O) groups excluding carboxylic acids is 1. The zero-order valence-corrected chi connectivity index (χ0v) is 11.0. The predicted molar refractivity (Wildman–Crippen MR) is 69.7 cm³/mol. The lowest BCUT2D eigenvalue weighted by molar-refractivity contribution is 0.0467. The molecular weight excluding hydrogens is 299 g/mol. The lowest BCUT2D eigenvalue weighted by atomic mass is 10.2. The van der Waals surface area contributed by atoms with Crippen LogP contribution in [0.2, 0.25) is 0 Å². The van der Waals surface area contributed by atoms with Gasteiger partial charge in [-0.15, -0.1) is 0 Å². The van der Waals surface area contributed by atoms with Gasteiger partial charge in [0.2, 0.25) is 0 Å². The van der Waals surface area contributed by atoms with Crippen LogP contribution < -0.4 is 0 Å². The van der Waals surface area contributed by atoms with Gasteiger partial charge in [-0.05, 0) is 23.8 Å². The zero-order valence-electron chi connectivity index (χ0n) is 9.40. The predicted octanol–water partition coefficient (Wildman–Crippen LogP) is 3.95. The zero-order chi connectivity index (χ0) is 13.0. The van der Waals surface area contributed by atoms with Gasteiger partial charge in [0.15, 0.2) is 0 Å². The van der Waals surface area contributed by atoms with Gasteiger partial charge in [0.1, 0.15) is 12.4 Å². The van der Waals surface area contributed by atoms with Crippen molar-refractivity contribution in [3.05, 3.63) is 69.9 Å². The molecule has 0 aliphatic rings. The molecule has 0 saturated heterocycles. The van der Waals surface area contributed by atoms with Crippen LogP contribution in [0.15, 0.2) is 53.0 Å². The highest BCUT2D eigenvalue weighted by Crippen LogP contribution is 2.17. The summed E-state index contributed by atoms with van der Waals surface area (Å²) in [5, 5.41) is 0. The van der Waals surface area contributed by atoms with Crippen LogP contribution in [0, 0.1) is 5.82 Å². The number of benzene rings is 2. The van der Waals surface area contributed by atoms with Gasteiger partial charge in [-0.2, -0.15) is 0 Å². The Bertz CT molecular complexity index is 555. The summed E-state index contributed by atoms with van der Waals surface area (Å²) >= 11 is 3.19. The molecule has 0 aromatic heterocycles. The van der Waals surface area contributed by atoms with E-state index < -0.39 is 11.8 Å². The van der Waals surface area contributed by atoms with Crippen LogP contribution in [-0.4, -0.2) is 5.97 Å². The highest BCUT2D eigenvalue weighted by molar-refractivity contribution is 9.10. The van der Waals surface area contributed by atoms with Gasteiger partial charge in [0, 0.05) is 4.47 Å². The summed E-state index contributed by atoms with van der Waals surface area (Å²) in [5.41, 5.74) is 0.793. The van der Waals surface area contributed by atoms with Crippen LogP contribution in [0.5, 0.6) is 0 Å². The first-order valence-corrected chi connectivity index (χ1v) is 6.12. The normalized spacial score (nSPS) is 10.1. The van der Waals surface area contributed by atoms with Crippen molar-refractivity contribution in [1.29, 1.82) is 0 Å². The summed E-state index contributed by atoms with van der Waals surface area (Å²) in [6, 6.07) is 13.4. The number of hydrogen-bond donors (Lipinski definition) is 0. The number of halogens is 2. The van der Waals surface area contributed by atoms with E-state index in [9.17, 15) is 9.18 Å². The topological polar surface area (TPSA) is 26.3 Å². The molecular formula is C14H10BrFO2. The molecule has 2 nitrogen and oxygen atoms in total. The Labute approximate surface area is 113 Å². The van der Waals surface area contributed by atoms with Crippen LogP contribution in [0.4, 0.5) is 4.39 Å². The van der Waals surface area contributed by atoms with Crippen LogP contribution in [0.1, 0.15) is 15.9 Å². The number of carbonyl (C=O) groups is 1. The maximum Gasteiger partial charge on any atom is 0.341 e. The molecule has 92 valence electrons. The Kier molecular flexibility index (Phi) is 4.10. The van der Waals surface area contributed by atoms with Crippen molar-refractivity contribution in [3.63, 3.8) is 0 Å². The van der Waals surface area contributed by atoms with E-state index in [4.69, 9.17) is 4.74 Å². The average molecular weight is 309 g/mol. The fourth-order valence-corrected chi connectivity index (χ4v) is 1.82. The van der Waals surface area contributed by atoms with E-state index in [0.717, 1.165) is 5.56 Å². The molecule has 0 amide bonds. The quantitative estimate of drug-likeness (QED) is 0.803. The third-order valence-electron chi connectivity index (χ3n) is 2.36. The second kappa shape index (κ2) is 5.78. The van der Waals surface area contributed by atoms with Crippen molar-refractivity contribution in [3.8, 4) is 0 Å². The van der Waals surface area contributed by atoms with Crippen LogP contribution in [-0.2, 0) is 11.3 Å². The second-order valence-corrected chi connectivity index (χ2v) is 4.60. The smallest absolute Gasteiger partial charge is 0.341 e. The molecule has 0 atom stereocenters. The molecule has 0 N–H and O–H groups in total. The van der Waals surface area contributed by atoms with E-state index in [0.29, 0.717) is 4.47 Å². The summed E-state index contributed by atoms with van der Waals surface area (Å²) in [6.07, 6.45) is 0. The third kappa shape index (κ3) is 3.17. The molecule has 2 rings (SSSR count). The average Bonchev–Trinajstić information content (AvgIpc) is 2.40. The van der Waals surface area contributed by atoms with Crippen LogP contribution in [0.25, 0.3) is 0 Å². The standard InChI is InChI=1S/C14H10BrFO2/c15-11-6-7-13(16)12(8-11)14(17)18-9-10-4-2-1-3-5-10/h1-8H,9H2. The number of ether oxygens (including phenoxy) is 1. The summed E-state index contributed by atoms with van der Waals surface area (Å²) in [6.45, 7) is 0.131. The lowest BCUT2D eigenvalue weighted by Crippen LogP contribution is -2.07. The molecule has 2 aromatic rings. The van der Waals surface area contributed by atoms with Crippen molar-refractivity contribution in [2.75, 3.05) is 0 Å². The molecule has 0 heterocycles. The van der Waals surface area contributed by atoms with Gasteiger partial charge in [0.25, 0.3) is 0 Å². The first-order chi connectivity index (χ1) is 8.66. The summed E-state index contributed by atoms with van der Waals surface area (Å²) in [5.74, 6) is -1.26. The van der Waals surface area contributed by atoms with Gasteiger partial charge < -0.3 is 4.74 Å². The highest BCUT2D eigenvalue weighted by atomic mass is 79.9. The molecule has 18 heavy (non-hydrogen) atoms. The Balaban J connectivity index is 2.06. The van der Waals surface area contributed by atoms with E-state index in [2.05, 4.69) is 15.9 Å². The molecule has 0 aliphatic heterocycles. The number of hydrogen-bond acceptors (Lipinski definition) is 2. The molecule has 0 bridgehead atoms. The number of esters is 1. The van der Waals surface area contributed by atoms with Crippen molar-refractivity contribution in [2.24, 2.45) is 0 Å². The molecule has 0 spiro atoms.